The molecular formula is C94H58. The first-order valence-corrected chi connectivity index (χ1v) is 32.7. The molecule has 0 heterocycles. The minimum absolute atomic E-state index is 1.17. The second kappa shape index (κ2) is 21.7. The minimum atomic E-state index is 1.17. The Morgan fingerprint density at radius 2 is 0.426 bits per heavy atom. The molecule has 0 aliphatic heterocycles. The zero-order chi connectivity index (χ0) is 61.8. The van der Waals surface area contributed by atoms with Crippen LogP contribution in [0.25, 0.3) is 199 Å². The van der Waals surface area contributed by atoms with Crippen molar-refractivity contribution in [2.45, 2.75) is 0 Å². The van der Waals surface area contributed by atoms with E-state index >= 15 is 0 Å². The van der Waals surface area contributed by atoms with E-state index in [1.165, 1.54) is 199 Å². The predicted molar refractivity (Wildman–Crippen MR) is 400 cm³/mol. The Labute approximate surface area is 547 Å². The summed E-state index contributed by atoms with van der Waals surface area (Å²) < 4.78 is 0. The van der Waals surface area contributed by atoms with Crippen molar-refractivity contribution in [1.82, 2.24) is 0 Å². The van der Waals surface area contributed by atoms with Crippen LogP contribution >= 0.6 is 0 Å². The SMILES string of the molecule is c1ccc(-c2cccc(-c3c4c(cc5ccccc35)-c3ccc5c6c(ccc-4c36)-c3c-5c(-c4cccc(-c5ccccc5)c4)c4c(-c5ccccc5-c5ccccc5)c5ccccc5c(-c5ccccc5-c5ccccc5)c4c3-c3cccc(-c4ccccc4)c3)c2)cc1. The standard InChI is InChI=1S/C94H58/c1-6-27-59(28-7-1)64-38-24-41-68(55-64)83-73-46-17-16-37-67(73)58-82-78-51-52-80-89-81(54-53-79(88(78)89)90(82)83)92-85(70-43-26-40-66(57-70)61-31-10-3-11-32-61)94-87(75-48-21-19-45-72(75)63-35-14-5-15-36-63)77-50-23-22-49-76(77)86(74-47-20-18-44-71(74)62-33-12-4-13-34-62)93(94)84(91(80)92)69-42-25-39-65(56-69)60-29-8-2-9-30-60/h1-58H. The summed E-state index contributed by atoms with van der Waals surface area (Å²) in [5.74, 6) is 0. The van der Waals surface area contributed by atoms with Gasteiger partial charge < -0.3 is 0 Å². The van der Waals surface area contributed by atoms with E-state index in [0.717, 1.165) is 0 Å². The number of rotatable bonds is 10. The zero-order valence-corrected chi connectivity index (χ0v) is 51.5. The van der Waals surface area contributed by atoms with Crippen molar-refractivity contribution in [2.24, 2.45) is 0 Å². The van der Waals surface area contributed by atoms with Crippen LogP contribution in [0.15, 0.2) is 352 Å². The van der Waals surface area contributed by atoms with Gasteiger partial charge in [0.25, 0.3) is 0 Å². The molecule has 0 saturated carbocycles. The highest BCUT2D eigenvalue weighted by Crippen LogP contribution is 2.66. The Bertz CT molecular complexity index is 5680. The van der Waals surface area contributed by atoms with Crippen molar-refractivity contribution in [3.63, 3.8) is 0 Å². The summed E-state index contributed by atoms with van der Waals surface area (Å²) in [6, 6.07) is 132. The van der Waals surface area contributed by atoms with E-state index in [1.54, 1.807) is 0 Å². The highest BCUT2D eigenvalue weighted by Gasteiger charge is 2.38. The van der Waals surface area contributed by atoms with Crippen molar-refractivity contribution >= 4 is 43.1 Å². The molecule has 17 aromatic rings. The monoisotopic (exact) mass is 1190 g/mol. The molecule has 17 aromatic carbocycles. The molecule has 0 N–H and O–H groups in total. The molecule has 2 aliphatic rings. The van der Waals surface area contributed by atoms with Gasteiger partial charge in [0.2, 0.25) is 0 Å². The topological polar surface area (TPSA) is 0 Å². The van der Waals surface area contributed by atoms with E-state index in [1.807, 2.05) is 0 Å². The van der Waals surface area contributed by atoms with E-state index in [9.17, 15) is 0 Å². The third kappa shape index (κ3) is 8.33. The number of hydrogen-bond donors (Lipinski definition) is 0. The largest absolute Gasteiger partial charge is 0.0622 e. The van der Waals surface area contributed by atoms with Crippen molar-refractivity contribution in [3.05, 3.63) is 352 Å². The normalized spacial score (nSPS) is 11.8. The average molecular weight is 1190 g/mol. The summed E-state index contributed by atoms with van der Waals surface area (Å²) in [4.78, 5) is 0. The van der Waals surface area contributed by atoms with Crippen LogP contribution in [0, 0.1) is 0 Å². The molecule has 0 fully saturated rings. The van der Waals surface area contributed by atoms with Crippen molar-refractivity contribution in [3.8, 4) is 156 Å². The van der Waals surface area contributed by atoms with Crippen LogP contribution in [0.1, 0.15) is 0 Å². The molecule has 0 unspecified atom stereocenters. The third-order valence-electron chi connectivity index (χ3n) is 20.1. The van der Waals surface area contributed by atoms with Crippen LogP contribution < -0.4 is 0 Å². The highest BCUT2D eigenvalue weighted by atomic mass is 14.4. The van der Waals surface area contributed by atoms with Crippen molar-refractivity contribution < 1.29 is 0 Å². The molecular weight excluding hydrogens is 1130 g/mol. The van der Waals surface area contributed by atoms with Crippen LogP contribution in [-0.4, -0.2) is 0 Å². The van der Waals surface area contributed by atoms with E-state index in [4.69, 9.17) is 0 Å². The van der Waals surface area contributed by atoms with Crippen LogP contribution in [-0.2, 0) is 0 Å². The molecule has 0 saturated heterocycles. The maximum atomic E-state index is 2.51. The molecule has 0 aromatic heterocycles. The lowest BCUT2D eigenvalue weighted by Gasteiger charge is -2.28. The number of fused-ring (bicyclic) bond motifs is 9. The molecule has 94 heavy (non-hydrogen) atoms. The Balaban J connectivity index is 1.03. The molecule has 0 bridgehead atoms. The molecule has 0 spiro atoms. The van der Waals surface area contributed by atoms with E-state index in [2.05, 4.69) is 352 Å². The highest BCUT2D eigenvalue weighted by molar-refractivity contribution is 6.38. The summed E-state index contributed by atoms with van der Waals surface area (Å²) in [6.07, 6.45) is 0. The van der Waals surface area contributed by atoms with Crippen LogP contribution in [0.4, 0.5) is 0 Å². The maximum absolute atomic E-state index is 2.51. The lowest BCUT2D eigenvalue weighted by molar-refractivity contribution is 1.57. The smallest absolute Gasteiger partial charge is 0.0000929 e. The first-order chi connectivity index (χ1) is 46.7. The fourth-order valence-electron chi connectivity index (χ4n) is 16.2. The van der Waals surface area contributed by atoms with E-state index in [0.29, 0.717) is 0 Å². The van der Waals surface area contributed by atoms with Crippen LogP contribution in [0.5, 0.6) is 0 Å². The summed E-state index contributed by atoms with van der Waals surface area (Å²) >= 11 is 0. The Morgan fingerprint density at radius 1 is 0.117 bits per heavy atom. The Hall–Kier alpha value is -12.2. The van der Waals surface area contributed by atoms with Crippen molar-refractivity contribution in [1.29, 1.82) is 0 Å². The molecule has 434 valence electrons. The number of hydrogen-bond acceptors (Lipinski definition) is 0. The van der Waals surface area contributed by atoms with Gasteiger partial charge in [-0.25, -0.2) is 0 Å². The van der Waals surface area contributed by atoms with Gasteiger partial charge in [-0.15, -0.1) is 0 Å². The summed E-state index contributed by atoms with van der Waals surface area (Å²) in [5.41, 5.74) is 34.0. The first-order valence-electron chi connectivity index (χ1n) is 32.7. The van der Waals surface area contributed by atoms with Gasteiger partial charge in [-0.3, -0.25) is 0 Å². The molecule has 0 atom stereocenters. The number of benzene rings is 17. The molecule has 2 aliphatic carbocycles. The minimum Gasteiger partial charge on any atom is -0.0622 e. The average Bonchev–Trinajstić information content (AvgIpc) is 1.44. The zero-order valence-electron chi connectivity index (χ0n) is 51.5. The predicted octanol–water partition coefficient (Wildman–Crippen LogP) is 26.3. The Morgan fingerprint density at radius 3 is 0.862 bits per heavy atom. The molecule has 0 radical (unpaired) electrons. The van der Waals surface area contributed by atoms with Gasteiger partial charge >= 0.3 is 0 Å². The fraction of sp³-hybridized carbons (Fsp3) is 0. The molecule has 0 nitrogen and oxygen atoms in total. The van der Waals surface area contributed by atoms with Gasteiger partial charge in [0.05, 0.1) is 0 Å². The Kier molecular flexibility index (Phi) is 12.4. The van der Waals surface area contributed by atoms with Gasteiger partial charge in [-0.05, 0) is 223 Å². The van der Waals surface area contributed by atoms with Gasteiger partial charge in [0.1, 0.15) is 0 Å². The first kappa shape index (κ1) is 53.6. The second-order valence-corrected chi connectivity index (χ2v) is 25.2. The fourth-order valence-corrected chi connectivity index (χ4v) is 16.2. The van der Waals surface area contributed by atoms with Gasteiger partial charge in [-0.1, -0.05) is 328 Å². The summed E-state index contributed by atoms with van der Waals surface area (Å²) in [6.45, 7) is 0. The molecule has 0 heteroatoms. The molecule has 0 amide bonds. The quantitative estimate of drug-likeness (QED) is 0.120. The summed E-state index contributed by atoms with van der Waals surface area (Å²) in [5, 5.41) is 9.93. The lowest BCUT2D eigenvalue weighted by Crippen LogP contribution is -2.01. The van der Waals surface area contributed by atoms with E-state index < -0.39 is 0 Å². The lowest BCUT2D eigenvalue weighted by atomic mass is 9.74. The summed E-state index contributed by atoms with van der Waals surface area (Å²) in [7, 11) is 0. The van der Waals surface area contributed by atoms with Gasteiger partial charge in [-0.2, -0.15) is 0 Å². The van der Waals surface area contributed by atoms with Crippen LogP contribution in [0.2, 0.25) is 0 Å². The molecule has 19 rings (SSSR count). The van der Waals surface area contributed by atoms with Crippen molar-refractivity contribution in [2.75, 3.05) is 0 Å². The third-order valence-corrected chi connectivity index (χ3v) is 20.1. The van der Waals surface area contributed by atoms with Crippen LogP contribution in [0.3, 0.4) is 0 Å². The van der Waals surface area contributed by atoms with E-state index in [-0.39, 0.29) is 0 Å². The van der Waals surface area contributed by atoms with Gasteiger partial charge in [0, 0.05) is 0 Å². The maximum Gasteiger partial charge on any atom is -0.0000929 e. The van der Waals surface area contributed by atoms with Gasteiger partial charge in [0.15, 0.2) is 0 Å². The second-order valence-electron chi connectivity index (χ2n) is 25.2.